The molecule has 0 radical (unpaired) electrons. The number of rotatable bonds is 5. The summed E-state index contributed by atoms with van der Waals surface area (Å²) in [5, 5.41) is 3.52. The molecule has 2 rings (SSSR count). The monoisotopic (exact) mass is 319 g/mol. The lowest BCUT2D eigenvalue weighted by Gasteiger charge is -2.07. The second kappa shape index (κ2) is 7.53. The van der Waals surface area contributed by atoms with E-state index < -0.39 is 0 Å². The predicted octanol–water partition coefficient (Wildman–Crippen LogP) is 4.83. The highest BCUT2D eigenvalue weighted by Gasteiger charge is 2.04. The molecule has 0 saturated carbocycles. The number of thioether (sulfide) groups is 1. The zero-order chi connectivity index (χ0) is 15.2. The van der Waals surface area contributed by atoms with E-state index in [0.29, 0.717) is 10.8 Å². The Labute approximate surface area is 134 Å². The minimum atomic E-state index is 0.00620. The van der Waals surface area contributed by atoms with Gasteiger partial charge in [0.1, 0.15) is 0 Å². The third kappa shape index (κ3) is 5.44. The van der Waals surface area contributed by atoms with Crippen LogP contribution in [0.2, 0.25) is 5.02 Å². The van der Waals surface area contributed by atoms with Crippen molar-refractivity contribution in [2.75, 3.05) is 11.1 Å². The van der Waals surface area contributed by atoms with Gasteiger partial charge in [-0.05, 0) is 43.7 Å². The van der Waals surface area contributed by atoms with E-state index in [0.717, 1.165) is 11.4 Å². The van der Waals surface area contributed by atoms with Crippen molar-refractivity contribution in [1.29, 1.82) is 0 Å². The first-order valence-corrected chi connectivity index (χ1v) is 8.26. The van der Waals surface area contributed by atoms with Crippen LogP contribution >= 0.6 is 23.4 Å². The number of anilines is 1. The molecule has 0 aliphatic carbocycles. The van der Waals surface area contributed by atoms with Gasteiger partial charge in [-0.25, -0.2) is 0 Å². The second-order valence-corrected chi connectivity index (χ2v) is 6.47. The summed E-state index contributed by atoms with van der Waals surface area (Å²) >= 11 is 7.42. The molecule has 1 N–H and O–H groups in total. The molecule has 2 aromatic carbocycles. The van der Waals surface area contributed by atoms with Gasteiger partial charge in [-0.2, -0.15) is 0 Å². The van der Waals surface area contributed by atoms with Gasteiger partial charge in [0.05, 0.1) is 5.75 Å². The van der Waals surface area contributed by atoms with Crippen molar-refractivity contribution >= 4 is 35.0 Å². The topological polar surface area (TPSA) is 29.1 Å². The fourth-order valence-corrected chi connectivity index (χ4v) is 3.03. The lowest BCUT2D eigenvalue weighted by Crippen LogP contribution is -2.14. The molecule has 21 heavy (non-hydrogen) atoms. The number of carbonyl (C=O) groups excluding carboxylic acids is 1. The van der Waals surface area contributed by atoms with Gasteiger partial charge < -0.3 is 5.32 Å². The zero-order valence-corrected chi connectivity index (χ0v) is 13.7. The molecule has 0 aliphatic heterocycles. The SMILES string of the molecule is Cc1cc(C)cc(CSCC(=O)Nc2ccc(Cl)cc2)c1. The highest BCUT2D eigenvalue weighted by Crippen LogP contribution is 2.17. The number of aryl methyl sites for hydroxylation is 2. The van der Waals surface area contributed by atoms with Gasteiger partial charge in [0.15, 0.2) is 0 Å². The first-order chi connectivity index (χ1) is 10.0. The highest BCUT2D eigenvalue weighted by molar-refractivity contribution is 7.99. The molecular weight excluding hydrogens is 302 g/mol. The molecular formula is C17H18ClNOS. The van der Waals surface area contributed by atoms with Crippen LogP contribution in [-0.2, 0) is 10.5 Å². The molecule has 0 unspecified atom stereocenters. The Bertz CT molecular complexity index is 605. The Morgan fingerprint density at radius 1 is 1.10 bits per heavy atom. The maximum Gasteiger partial charge on any atom is 0.234 e. The molecule has 0 aliphatic rings. The lowest BCUT2D eigenvalue weighted by molar-refractivity contribution is -0.113. The van der Waals surface area contributed by atoms with E-state index in [-0.39, 0.29) is 5.91 Å². The van der Waals surface area contributed by atoms with Crippen molar-refractivity contribution in [1.82, 2.24) is 0 Å². The third-order valence-corrected chi connectivity index (χ3v) is 4.17. The summed E-state index contributed by atoms with van der Waals surface area (Å²) in [7, 11) is 0. The Morgan fingerprint density at radius 3 is 2.33 bits per heavy atom. The minimum absolute atomic E-state index is 0.00620. The summed E-state index contributed by atoms with van der Waals surface area (Å²) in [6.07, 6.45) is 0. The standard InChI is InChI=1S/C17H18ClNOS/c1-12-7-13(2)9-14(8-12)10-21-11-17(20)19-16-5-3-15(18)4-6-16/h3-9H,10-11H2,1-2H3,(H,19,20). The second-order valence-electron chi connectivity index (χ2n) is 5.04. The molecule has 0 saturated heterocycles. The molecule has 110 valence electrons. The maximum absolute atomic E-state index is 11.9. The Kier molecular flexibility index (Phi) is 5.71. The summed E-state index contributed by atoms with van der Waals surface area (Å²) in [5.41, 5.74) is 4.56. The van der Waals surface area contributed by atoms with Crippen molar-refractivity contribution in [3.63, 3.8) is 0 Å². The molecule has 0 heterocycles. The first-order valence-electron chi connectivity index (χ1n) is 6.73. The van der Waals surface area contributed by atoms with Crippen molar-refractivity contribution in [2.24, 2.45) is 0 Å². The van der Waals surface area contributed by atoms with E-state index in [4.69, 9.17) is 11.6 Å². The van der Waals surface area contributed by atoms with E-state index in [2.05, 4.69) is 37.4 Å². The average molecular weight is 320 g/mol. The Hall–Kier alpha value is -1.45. The fraction of sp³-hybridized carbons (Fsp3) is 0.235. The van der Waals surface area contributed by atoms with Crippen molar-refractivity contribution < 1.29 is 4.79 Å². The van der Waals surface area contributed by atoms with E-state index >= 15 is 0 Å². The van der Waals surface area contributed by atoms with Crippen molar-refractivity contribution in [2.45, 2.75) is 19.6 Å². The first kappa shape index (κ1) is 15.9. The fourth-order valence-electron chi connectivity index (χ4n) is 2.14. The highest BCUT2D eigenvalue weighted by atomic mass is 35.5. The van der Waals surface area contributed by atoms with E-state index in [1.807, 2.05) is 0 Å². The van der Waals surface area contributed by atoms with Crippen LogP contribution in [-0.4, -0.2) is 11.7 Å². The van der Waals surface area contributed by atoms with E-state index in [1.165, 1.54) is 16.7 Å². The number of amides is 1. The van der Waals surface area contributed by atoms with Crippen LogP contribution in [0.1, 0.15) is 16.7 Å². The van der Waals surface area contributed by atoms with E-state index in [1.54, 1.807) is 36.0 Å². The number of hydrogen-bond acceptors (Lipinski definition) is 2. The number of halogens is 1. The minimum Gasteiger partial charge on any atom is -0.325 e. The molecule has 2 aromatic rings. The molecule has 4 heteroatoms. The summed E-state index contributed by atoms with van der Waals surface area (Å²) in [6.45, 7) is 4.18. The van der Waals surface area contributed by atoms with Crippen LogP contribution in [0.4, 0.5) is 5.69 Å². The summed E-state index contributed by atoms with van der Waals surface area (Å²) in [5.74, 6) is 1.29. The van der Waals surface area contributed by atoms with Crippen LogP contribution < -0.4 is 5.32 Å². The smallest absolute Gasteiger partial charge is 0.234 e. The Morgan fingerprint density at radius 2 is 1.71 bits per heavy atom. The quantitative estimate of drug-likeness (QED) is 0.855. The number of benzene rings is 2. The van der Waals surface area contributed by atoms with Crippen LogP contribution in [0.5, 0.6) is 0 Å². The Balaban J connectivity index is 1.80. The predicted molar refractivity (Wildman–Crippen MR) is 92.2 cm³/mol. The van der Waals surface area contributed by atoms with Crippen LogP contribution in [0, 0.1) is 13.8 Å². The van der Waals surface area contributed by atoms with Crippen molar-refractivity contribution in [3.05, 3.63) is 64.2 Å². The number of hydrogen-bond donors (Lipinski definition) is 1. The largest absolute Gasteiger partial charge is 0.325 e. The van der Waals surface area contributed by atoms with Gasteiger partial charge >= 0.3 is 0 Å². The molecule has 0 spiro atoms. The van der Waals surface area contributed by atoms with Gasteiger partial charge in [0.2, 0.25) is 5.91 Å². The molecule has 0 aromatic heterocycles. The van der Waals surface area contributed by atoms with Crippen LogP contribution in [0.25, 0.3) is 0 Å². The van der Waals surface area contributed by atoms with Crippen LogP contribution in [0.3, 0.4) is 0 Å². The van der Waals surface area contributed by atoms with Gasteiger partial charge in [-0.1, -0.05) is 40.9 Å². The zero-order valence-electron chi connectivity index (χ0n) is 12.2. The molecule has 0 fully saturated rings. The van der Waals surface area contributed by atoms with Crippen molar-refractivity contribution in [3.8, 4) is 0 Å². The summed E-state index contributed by atoms with van der Waals surface area (Å²) in [4.78, 5) is 11.9. The van der Waals surface area contributed by atoms with Gasteiger partial charge in [0.25, 0.3) is 0 Å². The van der Waals surface area contributed by atoms with Gasteiger partial charge in [-0.3, -0.25) is 4.79 Å². The van der Waals surface area contributed by atoms with E-state index in [9.17, 15) is 4.79 Å². The summed E-state index contributed by atoms with van der Waals surface area (Å²) < 4.78 is 0. The number of carbonyl (C=O) groups is 1. The summed E-state index contributed by atoms with van der Waals surface area (Å²) in [6, 6.07) is 13.6. The maximum atomic E-state index is 11.9. The van der Waals surface area contributed by atoms with Crippen LogP contribution in [0.15, 0.2) is 42.5 Å². The van der Waals surface area contributed by atoms with Gasteiger partial charge in [0, 0.05) is 16.5 Å². The molecule has 1 amide bonds. The normalized spacial score (nSPS) is 10.4. The van der Waals surface area contributed by atoms with Gasteiger partial charge in [-0.15, -0.1) is 11.8 Å². The molecule has 0 bridgehead atoms. The molecule has 2 nitrogen and oxygen atoms in total. The average Bonchev–Trinajstić information content (AvgIpc) is 2.40. The third-order valence-electron chi connectivity index (χ3n) is 2.91. The number of nitrogens with one attached hydrogen (secondary N) is 1. The molecule has 0 atom stereocenters. The lowest BCUT2D eigenvalue weighted by atomic mass is 10.1.